The molecule has 18 heavy (non-hydrogen) atoms. The normalized spacial score (nSPS) is 21.1. The highest BCUT2D eigenvalue weighted by molar-refractivity contribution is 6.42. The van der Waals surface area contributed by atoms with Gasteiger partial charge in [0.25, 0.3) is 0 Å². The number of amides is 1. The van der Waals surface area contributed by atoms with E-state index in [1.807, 2.05) is 17.0 Å². The Balaban J connectivity index is 2.26. The largest absolute Gasteiger partial charge is 0.334 e. The average molecular weight is 307 g/mol. The first-order chi connectivity index (χ1) is 8.50. The lowest BCUT2D eigenvalue weighted by molar-refractivity contribution is -0.131. The summed E-state index contributed by atoms with van der Waals surface area (Å²) in [6, 6.07) is 5.58. The zero-order valence-corrected chi connectivity index (χ0v) is 12.3. The van der Waals surface area contributed by atoms with Crippen molar-refractivity contribution < 1.29 is 4.79 Å². The summed E-state index contributed by atoms with van der Waals surface area (Å²) >= 11 is 17.8. The van der Waals surface area contributed by atoms with Gasteiger partial charge in [-0.15, -0.1) is 11.6 Å². The second-order valence-corrected chi connectivity index (χ2v) is 5.95. The Morgan fingerprint density at radius 1 is 1.39 bits per heavy atom. The van der Waals surface area contributed by atoms with Crippen molar-refractivity contribution >= 4 is 40.7 Å². The van der Waals surface area contributed by atoms with Gasteiger partial charge < -0.3 is 4.90 Å². The van der Waals surface area contributed by atoms with Gasteiger partial charge in [0, 0.05) is 6.54 Å². The molecule has 1 amide bonds. The topological polar surface area (TPSA) is 20.3 Å². The average Bonchev–Trinajstić information content (AvgIpc) is 2.80. The van der Waals surface area contributed by atoms with Gasteiger partial charge in [-0.3, -0.25) is 4.79 Å². The molecule has 1 fully saturated rings. The smallest absolute Gasteiger partial charge is 0.240 e. The van der Waals surface area contributed by atoms with Gasteiger partial charge in [-0.1, -0.05) is 29.3 Å². The second-order valence-electron chi connectivity index (χ2n) is 4.48. The summed E-state index contributed by atoms with van der Waals surface area (Å²) in [5.41, 5.74) is 1.02. The highest BCUT2D eigenvalue weighted by Crippen LogP contribution is 2.35. The molecule has 1 saturated heterocycles. The molecule has 2 atom stereocenters. The van der Waals surface area contributed by atoms with Crippen molar-refractivity contribution in [2.45, 2.75) is 31.2 Å². The molecule has 0 aliphatic carbocycles. The maximum Gasteiger partial charge on any atom is 0.240 e. The molecular weight excluding hydrogens is 293 g/mol. The Hall–Kier alpha value is -0.440. The van der Waals surface area contributed by atoms with E-state index < -0.39 is 5.38 Å². The monoisotopic (exact) mass is 305 g/mol. The molecule has 0 N–H and O–H groups in total. The summed E-state index contributed by atoms with van der Waals surface area (Å²) in [6.07, 6.45) is 1.92. The van der Waals surface area contributed by atoms with E-state index in [0.29, 0.717) is 10.0 Å². The number of rotatable bonds is 2. The molecule has 1 aromatic rings. The van der Waals surface area contributed by atoms with Gasteiger partial charge in [-0.2, -0.15) is 0 Å². The van der Waals surface area contributed by atoms with Gasteiger partial charge >= 0.3 is 0 Å². The zero-order valence-electron chi connectivity index (χ0n) is 10.00. The Morgan fingerprint density at radius 3 is 2.72 bits per heavy atom. The molecule has 0 spiro atoms. The molecule has 5 heteroatoms. The second kappa shape index (κ2) is 5.68. The number of halogens is 3. The third-order valence-corrected chi connectivity index (χ3v) is 4.13. The highest BCUT2D eigenvalue weighted by atomic mass is 35.5. The minimum absolute atomic E-state index is 0.0229. The number of hydrogen-bond acceptors (Lipinski definition) is 1. The van der Waals surface area contributed by atoms with E-state index in [-0.39, 0.29) is 11.9 Å². The molecule has 2 nitrogen and oxygen atoms in total. The highest BCUT2D eigenvalue weighted by Gasteiger charge is 2.31. The number of nitrogens with zero attached hydrogens (tertiary/aromatic N) is 1. The number of benzene rings is 1. The molecule has 98 valence electrons. The van der Waals surface area contributed by atoms with Crippen LogP contribution in [0.3, 0.4) is 0 Å². The van der Waals surface area contributed by atoms with Gasteiger partial charge in [0.15, 0.2) is 0 Å². The number of hydrogen-bond donors (Lipinski definition) is 0. The van der Waals surface area contributed by atoms with Crippen LogP contribution in [0.25, 0.3) is 0 Å². The van der Waals surface area contributed by atoms with Crippen molar-refractivity contribution in [1.29, 1.82) is 0 Å². The van der Waals surface area contributed by atoms with Crippen LogP contribution in [0.2, 0.25) is 10.0 Å². The summed E-state index contributed by atoms with van der Waals surface area (Å²) < 4.78 is 0. The van der Waals surface area contributed by atoms with Crippen molar-refractivity contribution in [2.75, 3.05) is 6.54 Å². The summed E-state index contributed by atoms with van der Waals surface area (Å²) in [6.45, 7) is 2.45. The Kier molecular flexibility index (Phi) is 4.41. The molecule has 2 rings (SSSR count). The van der Waals surface area contributed by atoms with Gasteiger partial charge in [0.05, 0.1) is 16.1 Å². The van der Waals surface area contributed by atoms with E-state index in [9.17, 15) is 4.79 Å². The van der Waals surface area contributed by atoms with Crippen LogP contribution in [0, 0.1) is 0 Å². The van der Waals surface area contributed by atoms with E-state index >= 15 is 0 Å². The first-order valence-electron chi connectivity index (χ1n) is 5.90. The third-order valence-electron chi connectivity index (χ3n) is 3.20. The predicted octanol–water partition coefficient (Wildman–Crippen LogP) is 4.28. The first-order valence-corrected chi connectivity index (χ1v) is 7.09. The van der Waals surface area contributed by atoms with Gasteiger partial charge in [-0.25, -0.2) is 0 Å². The standard InChI is InChI=1S/C13H14Cl3NO/c1-8(14)13(18)17-6-2-3-12(17)9-4-5-10(15)11(16)7-9/h4-5,7-8,12H,2-3,6H2,1H3. The summed E-state index contributed by atoms with van der Waals surface area (Å²) in [7, 11) is 0. The van der Waals surface area contributed by atoms with Gasteiger partial charge in [0.1, 0.15) is 5.38 Å². The van der Waals surface area contributed by atoms with Crippen molar-refractivity contribution in [3.8, 4) is 0 Å². The zero-order chi connectivity index (χ0) is 13.3. The number of alkyl halides is 1. The minimum atomic E-state index is -0.492. The number of carbonyl (C=O) groups excluding carboxylic acids is 1. The van der Waals surface area contributed by atoms with Crippen molar-refractivity contribution in [3.63, 3.8) is 0 Å². The Morgan fingerprint density at radius 2 is 2.11 bits per heavy atom. The van der Waals surface area contributed by atoms with E-state index in [1.165, 1.54) is 0 Å². The number of carbonyl (C=O) groups is 1. The van der Waals surface area contributed by atoms with Crippen LogP contribution in [0.15, 0.2) is 18.2 Å². The molecule has 1 aliphatic rings. The van der Waals surface area contributed by atoms with Crippen LogP contribution in [-0.2, 0) is 4.79 Å². The quantitative estimate of drug-likeness (QED) is 0.747. The van der Waals surface area contributed by atoms with E-state index in [0.717, 1.165) is 24.9 Å². The van der Waals surface area contributed by atoms with E-state index in [2.05, 4.69) is 0 Å². The molecule has 1 aromatic carbocycles. The lowest BCUT2D eigenvalue weighted by Gasteiger charge is -2.26. The molecule has 0 bridgehead atoms. The maximum atomic E-state index is 12.0. The molecule has 0 radical (unpaired) electrons. The molecule has 0 aromatic heterocycles. The summed E-state index contributed by atoms with van der Waals surface area (Å²) in [5.74, 6) is -0.0229. The summed E-state index contributed by atoms with van der Waals surface area (Å²) in [4.78, 5) is 13.8. The molecular formula is C13H14Cl3NO. The lowest BCUT2D eigenvalue weighted by Crippen LogP contribution is -2.35. The van der Waals surface area contributed by atoms with Crippen LogP contribution < -0.4 is 0 Å². The fourth-order valence-corrected chi connectivity index (χ4v) is 2.76. The van der Waals surface area contributed by atoms with Crippen molar-refractivity contribution in [3.05, 3.63) is 33.8 Å². The molecule has 1 aliphatic heterocycles. The fraction of sp³-hybridized carbons (Fsp3) is 0.462. The predicted molar refractivity (Wildman–Crippen MR) is 75.5 cm³/mol. The summed E-state index contributed by atoms with van der Waals surface area (Å²) in [5, 5.41) is 0.558. The van der Waals surface area contributed by atoms with Crippen molar-refractivity contribution in [2.24, 2.45) is 0 Å². The van der Waals surface area contributed by atoms with Crippen LogP contribution in [0.1, 0.15) is 31.4 Å². The van der Waals surface area contributed by atoms with E-state index in [1.54, 1.807) is 13.0 Å². The van der Waals surface area contributed by atoms with Crippen LogP contribution >= 0.6 is 34.8 Å². The van der Waals surface area contributed by atoms with Gasteiger partial charge in [-0.05, 0) is 37.5 Å². The molecule has 0 saturated carbocycles. The van der Waals surface area contributed by atoms with Crippen molar-refractivity contribution in [1.82, 2.24) is 4.90 Å². The van der Waals surface area contributed by atoms with Crippen LogP contribution in [-0.4, -0.2) is 22.7 Å². The Labute approximate surface area is 122 Å². The van der Waals surface area contributed by atoms with Gasteiger partial charge in [0.2, 0.25) is 5.91 Å². The fourth-order valence-electron chi connectivity index (χ4n) is 2.33. The maximum absolute atomic E-state index is 12.0. The first kappa shape index (κ1) is 14.0. The minimum Gasteiger partial charge on any atom is -0.334 e. The number of likely N-dealkylation sites (tertiary alicyclic amines) is 1. The third kappa shape index (κ3) is 2.76. The van der Waals surface area contributed by atoms with Crippen LogP contribution in [0.4, 0.5) is 0 Å². The lowest BCUT2D eigenvalue weighted by atomic mass is 10.0. The molecule has 2 unspecified atom stereocenters. The van der Waals surface area contributed by atoms with Crippen LogP contribution in [0.5, 0.6) is 0 Å². The van der Waals surface area contributed by atoms with E-state index in [4.69, 9.17) is 34.8 Å². The molecule has 1 heterocycles. The Bertz CT molecular complexity index is 462. The SMILES string of the molecule is CC(Cl)C(=O)N1CCCC1c1ccc(Cl)c(Cl)c1.